The molecule has 0 bridgehead atoms. The number of nitrogens with zero attached hydrogens (tertiary/aromatic N) is 1. The number of hydrogen-bond acceptors (Lipinski definition) is 6. The van der Waals surface area contributed by atoms with E-state index in [0.29, 0.717) is 11.3 Å². The highest BCUT2D eigenvalue weighted by Gasteiger charge is 2.52. The predicted molar refractivity (Wildman–Crippen MR) is 139 cm³/mol. The summed E-state index contributed by atoms with van der Waals surface area (Å²) in [4.78, 5) is 28.3. The first-order valence-corrected chi connectivity index (χ1v) is 13.7. The fourth-order valence-electron chi connectivity index (χ4n) is 4.56. The van der Waals surface area contributed by atoms with Gasteiger partial charge in [0.25, 0.3) is 0 Å². The van der Waals surface area contributed by atoms with Gasteiger partial charge in [0.15, 0.2) is 15.1 Å². The van der Waals surface area contributed by atoms with Crippen LogP contribution >= 0.6 is 0 Å². The van der Waals surface area contributed by atoms with Gasteiger partial charge in [0, 0.05) is 11.8 Å². The van der Waals surface area contributed by atoms with Crippen molar-refractivity contribution >= 4 is 21.7 Å². The van der Waals surface area contributed by atoms with Crippen molar-refractivity contribution in [1.82, 2.24) is 4.90 Å². The Labute approximate surface area is 217 Å². The quantitative estimate of drug-likeness (QED) is 0.393. The number of methoxy groups -OCH3 is 1. The maximum absolute atomic E-state index is 13.9. The van der Waals surface area contributed by atoms with Gasteiger partial charge in [0.1, 0.15) is 5.75 Å². The summed E-state index contributed by atoms with van der Waals surface area (Å²) in [5.74, 6) is -2.07. The van der Waals surface area contributed by atoms with Crippen LogP contribution in [0, 0.1) is 18.8 Å². The number of carbonyl (C=O) groups excluding carboxylic acids is 2. The van der Waals surface area contributed by atoms with Crippen LogP contribution in [-0.4, -0.2) is 44.1 Å². The first kappa shape index (κ1) is 26.6. The van der Waals surface area contributed by atoms with E-state index in [1.54, 1.807) is 50.4 Å². The number of rotatable bonds is 9. The molecule has 0 aliphatic carbocycles. The van der Waals surface area contributed by atoms with E-state index >= 15 is 0 Å². The van der Waals surface area contributed by atoms with Crippen molar-refractivity contribution in [1.29, 1.82) is 0 Å². The number of aryl methyl sites for hydroxylation is 1. The third kappa shape index (κ3) is 5.76. The molecule has 1 aliphatic rings. The number of carbonyl (C=O) groups is 2. The SMILES string of the molecule is COc1ccc(CN2C(=O)C(S(=O)(=O)c3ccc(C)cc3)[C@@H](COCc3ccccc3)[C@H](C)C2=O)cc1. The third-order valence-electron chi connectivity index (χ3n) is 6.80. The number of sulfone groups is 1. The maximum Gasteiger partial charge on any atom is 0.248 e. The number of benzene rings is 3. The lowest BCUT2D eigenvalue weighted by molar-refractivity contribution is -0.156. The lowest BCUT2D eigenvalue weighted by Crippen LogP contribution is -2.59. The Morgan fingerprint density at radius 2 is 1.49 bits per heavy atom. The number of ether oxygens (including phenoxy) is 2. The molecule has 3 atom stereocenters. The van der Waals surface area contributed by atoms with Gasteiger partial charge in [0.05, 0.1) is 31.8 Å². The average Bonchev–Trinajstić information content (AvgIpc) is 2.90. The Kier molecular flexibility index (Phi) is 8.10. The van der Waals surface area contributed by atoms with Crippen LogP contribution in [0.1, 0.15) is 23.6 Å². The van der Waals surface area contributed by atoms with Crippen molar-refractivity contribution in [3.05, 3.63) is 95.6 Å². The molecule has 1 heterocycles. The predicted octanol–water partition coefficient (Wildman–Crippen LogP) is 4.18. The maximum atomic E-state index is 13.9. The summed E-state index contributed by atoms with van der Waals surface area (Å²) in [6.45, 7) is 3.71. The summed E-state index contributed by atoms with van der Waals surface area (Å²) in [5.41, 5.74) is 2.52. The molecule has 2 amide bonds. The number of amides is 2. The van der Waals surface area contributed by atoms with E-state index in [4.69, 9.17) is 9.47 Å². The van der Waals surface area contributed by atoms with E-state index in [0.717, 1.165) is 16.0 Å². The van der Waals surface area contributed by atoms with Crippen LogP contribution in [0.4, 0.5) is 0 Å². The Hall–Kier alpha value is -3.49. The highest BCUT2D eigenvalue weighted by atomic mass is 32.2. The molecule has 8 heteroatoms. The third-order valence-corrected chi connectivity index (χ3v) is 8.95. The van der Waals surface area contributed by atoms with Crippen LogP contribution in [0.2, 0.25) is 0 Å². The summed E-state index contributed by atoms with van der Waals surface area (Å²) in [6.07, 6.45) is 0. The highest BCUT2D eigenvalue weighted by molar-refractivity contribution is 7.92. The molecule has 1 unspecified atom stereocenters. The van der Waals surface area contributed by atoms with Gasteiger partial charge >= 0.3 is 0 Å². The number of piperidine rings is 1. The fraction of sp³-hybridized carbons (Fsp3) is 0.310. The first-order chi connectivity index (χ1) is 17.7. The van der Waals surface area contributed by atoms with Gasteiger partial charge in [-0.2, -0.15) is 0 Å². The molecule has 0 saturated carbocycles. The molecule has 0 aromatic heterocycles. The van der Waals surface area contributed by atoms with Gasteiger partial charge in [0.2, 0.25) is 11.8 Å². The molecule has 1 saturated heterocycles. The van der Waals surface area contributed by atoms with Crippen molar-refractivity contribution < 1.29 is 27.5 Å². The highest BCUT2D eigenvalue weighted by Crippen LogP contribution is 2.35. The molecule has 0 N–H and O–H groups in total. The van der Waals surface area contributed by atoms with E-state index in [1.807, 2.05) is 37.3 Å². The summed E-state index contributed by atoms with van der Waals surface area (Å²) < 4.78 is 38.8. The van der Waals surface area contributed by atoms with Crippen molar-refractivity contribution in [2.75, 3.05) is 13.7 Å². The lowest BCUT2D eigenvalue weighted by atomic mass is 9.85. The minimum absolute atomic E-state index is 0.0243. The van der Waals surface area contributed by atoms with Crippen molar-refractivity contribution in [3.63, 3.8) is 0 Å². The van der Waals surface area contributed by atoms with Crippen molar-refractivity contribution in [3.8, 4) is 5.75 Å². The van der Waals surface area contributed by atoms with E-state index in [2.05, 4.69) is 0 Å². The molecular weight excluding hydrogens is 490 g/mol. The zero-order valence-corrected chi connectivity index (χ0v) is 22.0. The molecule has 1 aliphatic heterocycles. The average molecular weight is 522 g/mol. The zero-order chi connectivity index (χ0) is 26.6. The molecular formula is C29H31NO6S. The van der Waals surface area contributed by atoms with Crippen LogP contribution in [0.3, 0.4) is 0 Å². The van der Waals surface area contributed by atoms with Crippen LogP contribution < -0.4 is 4.74 Å². The largest absolute Gasteiger partial charge is 0.497 e. The first-order valence-electron chi connectivity index (χ1n) is 12.1. The summed E-state index contributed by atoms with van der Waals surface area (Å²) in [5, 5.41) is -1.45. The molecule has 194 valence electrons. The molecule has 0 radical (unpaired) electrons. The molecule has 3 aromatic rings. The fourth-order valence-corrected chi connectivity index (χ4v) is 6.54. The smallest absolute Gasteiger partial charge is 0.248 e. The normalized spacial score (nSPS) is 20.2. The van der Waals surface area contributed by atoms with Crippen LogP contribution in [0.5, 0.6) is 5.75 Å². The second-order valence-corrected chi connectivity index (χ2v) is 11.4. The molecule has 37 heavy (non-hydrogen) atoms. The number of likely N-dealkylation sites (tertiary alicyclic amines) is 1. The van der Waals surface area contributed by atoms with Crippen molar-refractivity contribution in [2.45, 2.75) is 37.1 Å². The summed E-state index contributed by atoms with van der Waals surface area (Å²) in [6, 6.07) is 22.9. The molecule has 1 fully saturated rings. The van der Waals surface area contributed by atoms with E-state index in [9.17, 15) is 18.0 Å². The van der Waals surface area contributed by atoms with Gasteiger partial charge in [-0.05, 0) is 42.3 Å². The number of hydrogen-bond donors (Lipinski definition) is 0. The molecule has 7 nitrogen and oxygen atoms in total. The Morgan fingerprint density at radius 3 is 2.11 bits per heavy atom. The summed E-state index contributed by atoms with van der Waals surface area (Å²) in [7, 11) is -2.56. The minimum atomic E-state index is -4.11. The molecule has 3 aromatic carbocycles. The van der Waals surface area contributed by atoms with E-state index in [-0.39, 0.29) is 24.7 Å². The van der Waals surface area contributed by atoms with Crippen LogP contribution in [0.15, 0.2) is 83.8 Å². The van der Waals surface area contributed by atoms with Gasteiger partial charge in [-0.3, -0.25) is 14.5 Å². The Morgan fingerprint density at radius 1 is 0.838 bits per heavy atom. The van der Waals surface area contributed by atoms with Gasteiger partial charge in [-0.25, -0.2) is 8.42 Å². The molecule has 0 spiro atoms. The molecule has 4 rings (SSSR count). The second-order valence-electron chi connectivity index (χ2n) is 9.34. The van der Waals surface area contributed by atoms with Crippen LogP contribution in [0.25, 0.3) is 0 Å². The van der Waals surface area contributed by atoms with Crippen LogP contribution in [-0.2, 0) is 37.3 Å². The minimum Gasteiger partial charge on any atom is -0.497 e. The van der Waals surface area contributed by atoms with E-state index in [1.165, 1.54) is 12.1 Å². The topological polar surface area (TPSA) is 90.0 Å². The second kappa shape index (κ2) is 11.3. The zero-order valence-electron chi connectivity index (χ0n) is 21.2. The van der Waals surface area contributed by atoms with Gasteiger partial charge in [-0.15, -0.1) is 0 Å². The summed E-state index contributed by atoms with van der Waals surface area (Å²) >= 11 is 0. The van der Waals surface area contributed by atoms with E-state index < -0.39 is 38.7 Å². The Bertz CT molecular complexity index is 1340. The van der Waals surface area contributed by atoms with Gasteiger partial charge in [-0.1, -0.05) is 67.1 Å². The lowest BCUT2D eigenvalue weighted by Gasteiger charge is -2.40. The Balaban J connectivity index is 1.66. The van der Waals surface area contributed by atoms with Crippen molar-refractivity contribution in [2.24, 2.45) is 11.8 Å². The monoisotopic (exact) mass is 521 g/mol. The number of imide groups is 1. The van der Waals surface area contributed by atoms with Gasteiger partial charge < -0.3 is 9.47 Å². The standard InChI is InChI=1S/C29H31NO6S/c1-20-9-15-25(16-10-20)37(33,34)27-26(19-36-18-23-7-5-4-6-8-23)21(2)28(31)30(29(27)32)17-22-11-13-24(35-3)14-12-22/h4-16,21,26-27H,17-19H2,1-3H3/t21-,26-,27?/m0/s1.